The molecule has 4 rings (SSSR count). The second-order valence-electron chi connectivity index (χ2n) is 9.57. The quantitative estimate of drug-likeness (QED) is 0.442. The topological polar surface area (TPSA) is 41.6 Å². The largest absolute Gasteiger partial charge is 0.478 e. The summed E-state index contributed by atoms with van der Waals surface area (Å²) in [6.07, 6.45) is 2.73. The molecule has 1 fully saturated rings. The van der Waals surface area contributed by atoms with Crippen LogP contribution in [0.4, 0.5) is 0 Å². The van der Waals surface area contributed by atoms with E-state index in [0.29, 0.717) is 5.75 Å². The third-order valence-electron chi connectivity index (χ3n) is 6.34. The van der Waals surface area contributed by atoms with Crippen molar-refractivity contribution in [1.29, 1.82) is 0 Å². The van der Waals surface area contributed by atoms with Crippen molar-refractivity contribution in [2.24, 2.45) is 0 Å². The Morgan fingerprint density at radius 3 is 2.12 bits per heavy atom. The van der Waals surface area contributed by atoms with E-state index in [1.165, 1.54) is 16.7 Å². The maximum atomic E-state index is 13.0. The van der Waals surface area contributed by atoms with E-state index in [-0.39, 0.29) is 11.9 Å². The molecule has 0 aliphatic carbocycles. The van der Waals surface area contributed by atoms with Gasteiger partial charge in [0, 0.05) is 30.7 Å². The van der Waals surface area contributed by atoms with Crippen LogP contribution in [0.15, 0.2) is 78.9 Å². The molecule has 4 nitrogen and oxygen atoms in total. The van der Waals surface area contributed by atoms with Crippen molar-refractivity contribution in [3.63, 3.8) is 0 Å². The summed E-state index contributed by atoms with van der Waals surface area (Å²) in [7, 11) is 0. The first-order valence-corrected chi connectivity index (χ1v) is 12.3. The highest BCUT2D eigenvalue weighted by molar-refractivity contribution is 6.30. The molecule has 0 bridgehead atoms. The maximum Gasteiger partial charge on any atom is 0.263 e. The highest BCUT2D eigenvalue weighted by Gasteiger charge is 2.32. The number of carbonyl (C=O) groups excluding carboxylic acids is 1. The van der Waals surface area contributed by atoms with Crippen LogP contribution in [0.3, 0.4) is 0 Å². The van der Waals surface area contributed by atoms with E-state index in [4.69, 9.17) is 16.3 Å². The lowest BCUT2D eigenvalue weighted by Crippen LogP contribution is -2.52. The van der Waals surface area contributed by atoms with Crippen LogP contribution < -0.4 is 10.1 Å². The molecule has 1 aliphatic heterocycles. The van der Waals surface area contributed by atoms with Crippen LogP contribution >= 0.6 is 11.6 Å². The van der Waals surface area contributed by atoms with Crippen LogP contribution in [-0.4, -0.2) is 35.5 Å². The molecule has 0 saturated carbocycles. The van der Waals surface area contributed by atoms with Gasteiger partial charge >= 0.3 is 0 Å². The van der Waals surface area contributed by atoms with Gasteiger partial charge in [-0.1, -0.05) is 66.2 Å². The van der Waals surface area contributed by atoms with Crippen molar-refractivity contribution in [2.45, 2.75) is 51.3 Å². The Labute approximate surface area is 207 Å². The number of carbonyl (C=O) groups is 1. The van der Waals surface area contributed by atoms with Crippen molar-refractivity contribution in [1.82, 2.24) is 10.2 Å². The second-order valence-corrected chi connectivity index (χ2v) is 10.0. The summed E-state index contributed by atoms with van der Waals surface area (Å²) in [5.74, 6) is 0.622. The smallest absolute Gasteiger partial charge is 0.263 e. The maximum absolute atomic E-state index is 13.0. The molecule has 0 spiro atoms. The molecular formula is C29H33ClN2O2. The average Bonchev–Trinajstić information content (AvgIpc) is 2.83. The van der Waals surface area contributed by atoms with E-state index in [9.17, 15) is 4.79 Å². The average molecular weight is 477 g/mol. The van der Waals surface area contributed by atoms with Gasteiger partial charge in [0.25, 0.3) is 5.91 Å². The molecule has 0 radical (unpaired) electrons. The fourth-order valence-electron chi connectivity index (χ4n) is 4.29. The summed E-state index contributed by atoms with van der Waals surface area (Å²) in [4.78, 5) is 15.4. The van der Waals surface area contributed by atoms with Gasteiger partial charge in [-0.2, -0.15) is 0 Å². The van der Waals surface area contributed by atoms with Gasteiger partial charge < -0.3 is 10.1 Å². The molecule has 0 atom stereocenters. The van der Waals surface area contributed by atoms with Crippen molar-refractivity contribution >= 4 is 17.5 Å². The second kappa shape index (κ2) is 11.1. The molecule has 1 amide bonds. The van der Waals surface area contributed by atoms with Crippen LogP contribution in [0.2, 0.25) is 5.02 Å². The first kappa shape index (κ1) is 24.3. The fourth-order valence-corrected chi connectivity index (χ4v) is 4.42. The van der Waals surface area contributed by atoms with Gasteiger partial charge in [-0.05, 0) is 74.1 Å². The third kappa shape index (κ3) is 6.85. The minimum absolute atomic E-state index is 0.0701. The number of amides is 1. The number of hydrogen-bond acceptors (Lipinski definition) is 3. The number of rotatable bonds is 8. The fraction of sp³-hybridized carbons (Fsp3) is 0.345. The standard InChI is InChI=1S/C29H33ClN2O2/c1-29(2,34-27-14-10-23(11-15-27)20-22-8-12-25(30)13-9-22)28(33)31-26-16-18-32(19-17-26)21-24-6-4-3-5-7-24/h3-15,26H,16-21H2,1-2H3,(H,31,33). The summed E-state index contributed by atoms with van der Waals surface area (Å²) in [6.45, 7) is 6.58. The Kier molecular flexibility index (Phi) is 7.91. The zero-order chi connectivity index (χ0) is 24.0. The van der Waals surface area contributed by atoms with Crippen LogP contribution in [0.25, 0.3) is 0 Å². The number of halogens is 1. The molecule has 0 unspecified atom stereocenters. The predicted molar refractivity (Wildman–Crippen MR) is 138 cm³/mol. The number of piperidine rings is 1. The molecule has 1 N–H and O–H groups in total. The number of nitrogens with one attached hydrogen (secondary N) is 1. The van der Waals surface area contributed by atoms with Crippen LogP contribution in [0.5, 0.6) is 5.75 Å². The molecule has 3 aromatic carbocycles. The summed E-state index contributed by atoms with van der Waals surface area (Å²) in [5.41, 5.74) is 2.77. The molecule has 3 aromatic rings. The highest BCUT2D eigenvalue weighted by Crippen LogP contribution is 2.22. The molecule has 5 heteroatoms. The van der Waals surface area contributed by atoms with Gasteiger partial charge in [0.05, 0.1) is 0 Å². The first-order chi connectivity index (χ1) is 16.4. The van der Waals surface area contributed by atoms with Crippen LogP contribution in [0.1, 0.15) is 43.4 Å². The van der Waals surface area contributed by atoms with Gasteiger partial charge in [0.15, 0.2) is 5.60 Å². The molecule has 1 saturated heterocycles. The zero-order valence-corrected chi connectivity index (χ0v) is 20.7. The van der Waals surface area contributed by atoms with E-state index >= 15 is 0 Å². The number of nitrogens with zero attached hydrogens (tertiary/aromatic N) is 1. The molecular weight excluding hydrogens is 444 g/mol. The van der Waals surface area contributed by atoms with Crippen LogP contribution in [0, 0.1) is 0 Å². The summed E-state index contributed by atoms with van der Waals surface area (Å²) in [5, 5.41) is 3.95. The lowest BCUT2D eigenvalue weighted by Gasteiger charge is -2.34. The van der Waals surface area contributed by atoms with Gasteiger partial charge in [0.1, 0.15) is 5.75 Å². The van der Waals surface area contributed by atoms with Gasteiger partial charge in [-0.3, -0.25) is 9.69 Å². The van der Waals surface area contributed by atoms with Crippen molar-refractivity contribution in [3.05, 3.63) is 101 Å². The van der Waals surface area contributed by atoms with E-state index in [1.54, 1.807) is 0 Å². The molecule has 178 valence electrons. The monoisotopic (exact) mass is 476 g/mol. The number of ether oxygens (including phenoxy) is 1. The lowest BCUT2D eigenvalue weighted by molar-refractivity contribution is -0.135. The van der Waals surface area contributed by atoms with E-state index < -0.39 is 5.60 Å². The van der Waals surface area contributed by atoms with Gasteiger partial charge in [-0.25, -0.2) is 0 Å². The minimum Gasteiger partial charge on any atom is -0.478 e. The van der Waals surface area contributed by atoms with E-state index in [0.717, 1.165) is 43.9 Å². The Bertz CT molecular complexity index is 1060. The van der Waals surface area contributed by atoms with Gasteiger partial charge in [0.2, 0.25) is 0 Å². The Hall–Kier alpha value is -2.82. The predicted octanol–water partition coefficient (Wildman–Crippen LogP) is 5.87. The van der Waals surface area contributed by atoms with E-state index in [1.807, 2.05) is 68.4 Å². The van der Waals surface area contributed by atoms with Crippen molar-refractivity contribution in [2.75, 3.05) is 13.1 Å². The Morgan fingerprint density at radius 2 is 1.50 bits per heavy atom. The zero-order valence-electron chi connectivity index (χ0n) is 20.0. The van der Waals surface area contributed by atoms with Crippen LogP contribution in [-0.2, 0) is 17.8 Å². The van der Waals surface area contributed by atoms with E-state index in [2.05, 4.69) is 34.5 Å². The van der Waals surface area contributed by atoms with Crippen molar-refractivity contribution < 1.29 is 9.53 Å². The number of hydrogen-bond donors (Lipinski definition) is 1. The van der Waals surface area contributed by atoms with Gasteiger partial charge in [-0.15, -0.1) is 0 Å². The normalized spacial score (nSPS) is 15.1. The molecule has 1 heterocycles. The Balaban J connectivity index is 1.25. The SMILES string of the molecule is CC(C)(Oc1ccc(Cc2ccc(Cl)cc2)cc1)C(=O)NC1CCN(Cc2ccccc2)CC1. The van der Waals surface area contributed by atoms with Crippen molar-refractivity contribution in [3.8, 4) is 5.75 Å². The third-order valence-corrected chi connectivity index (χ3v) is 6.59. The summed E-state index contributed by atoms with van der Waals surface area (Å²) < 4.78 is 6.09. The summed E-state index contributed by atoms with van der Waals surface area (Å²) in [6, 6.07) is 26.6. The molecule has 34 heavy (non-hydrogen) atoms. The summed E-state index contributed by atoms with van der Waals surface area (Å²) >= 11 is 5.97. The molecule has 0 aromatic heterocycles. The highest BCUT2D eigenvalue weighted by atomic mass is 35.5. The Morgan fingerprint density at radius 1 is 0.912 bits per heavy atom. The first-order valence-electron chi connectivity index (χ1n) is 12.0. The minimum atomic E-state index is -0.946. The number of benzene rings is 3. The molecule has 1 aliphatic rings. The lowest BCUT2D eigenvalue weighted by atomic mass is 10.0. The number of likely N-dealkylation sites (tertiary alicyclic amines) is 1.